The molecule has 1 aromatic heterocycles. The Hall–Kier alpha value is -3.43. The molecule has 0 bridgehead atoms. The van der Waals surface area contributed by atoms with Gasteiger partial charge in [0.2, 0.25) is 5.92 Å². The van der Waals surface area contributed by atoms with Gasteiger partial charge >= 0.3 is 6.55 Å². The monoisotopic (exact) mass is 507 g/mol. The van der Waals surface area contributed by atoms with Crippen molar-refractivity contribution in [3.63, 3.8) is 0 Å². The Morgan fingerprint density at radius 1 is 1.28 bits per heavy atom. The first-order valence-corrected chi connectivity index (χ1v) is 11.8. The van der Waals surface area contributed by atoms with Crippen LogP contribution in [0, 0.1) is 6.92 Å². The van der Waals surface area contributed by atoms with Crippen LogP contribution in [0.15, 0.2) is 41.7 Å². The Kier molecular flexibility index (Phi) is 8.70. The second kappa shape index (κ2) is 11.5. The molecule has 1 amide bonds. The van der Waals surface area contributed by atoms with Crippen LogP contribution in [0.3, 0.4) is 0 Å². The first-order valence-electron chi connectivity index (χ1n) is 11.8. The molecule has 0 unspecified atom stereocenters. The number of benzene rings is 1. The summed E-state index contributed by atoms with van der Waals surface area (Å²) in [5.41, 5.74) is 8.35. The maximum absolute atomic E-state index is 14.0. The maximum atomic E-state index is 14.0. The maximum Gasteiger partial charge on any atom is 0.331 e. The Labute approximate surface area is 209 Å². The molecule has 196 valence electrons. The summed E-state index contributed by atoms with van der Waals surface area (Å²) in [6, 6.07) is 7.41. The number of anilines is 2. The number of nitrogens with one attached hydrogen (secondary N) is 1. The van der Waals surface area contributed by atoms with Gasteiger partial charge in [-0.3, -0.25) is 4.79 Å². The molecule has 0 saturated carbocycles. The highest BCUT2D eigenvalue weighted by Crippen LogP contribution is 2.33. The number of halogens is 4. The predicted octanol–water partition coefficient (Wildman–Crippen LogP) is 6.23. The molecule has 36 heavy (non-hydrogen) atoms. The van der Waals surface area contributed by atoms with Crippen molar-refractivity contribution in [2.45, 2.75) is 58.4 Å². The van der Waals surface area contributed by atoms with Crippen molar-refractivity contribution in [3.05, 3.63) is 58.9 Å². The molecule has 1 saturated heterocycles. The van der Waals surface area contributed by atoms with E-state index in [1.165, 1.54) is 6.20 Å². The van der Waals surface area contributed by atoms with Gasteiger partial charge in [-0.25, -0.2) is 18.8 Å². The average Bonchev–Trinajstić information content (AvgIpc) is 3.00. The molecule has 1 aromatic carbocycles. The van der Waals surface area contributed by atoms with Crippen LogP contribution in [-0.2, 0) is 0 Å². The molecule has 0 aliphatic carbocycles. The van der Waals surface area contributed by atoms with E-state index in [1.807, 2.05) is 32.0 Å². The van der Waals surface area contributed by atoms with Crippen LogP contribution in [0.1, 0.15) is 67.5 Å². The highest BCUT2D eigenvalue weighted by Gasteiger charge is 2.33. The number of hydrogen-bond acceptors (Lipinski definition) is 5. The zero-order valence-electron chi connectivity index (χ0n) is 20.6. The number of pyridine rings is 1. The average molecular weight is 508 g/mol. The Balaban J connectivity index is 0.00000481. The van der Waals surface area contributed by atoms with Gasteiger partial charge in [0.1, 0.15) is 5.82 Å². The van der Waals surface area contributed by atoms with E-state index in [1.54, 1.807) is 17.9 Å². The quantitative estimate of drug-likeness (QED) is 0.264. The summed E-state index contributed by atoms with van der Waals surface area (Å²) in [4.78, 5) is 22.8. The van der Waals surface area contributed by atoms with Crippen LogP contribution < -0.4 is 16.0 Å². The zero-order valence-corrected chi connectivity index (χ0v) is 20.6. The topological polar surface area (TPSA) is 83.6 Å². The third-order valence-electron chi connectivity index (χ3n) is 6.19. The summed E-state index contributed by atoms with van der Waals surface area (Å²) in [6.45, 7) is 3.11. The number of rotatable bonds is 7. The van der Waals surface area contributed by atoms with Crippen LogP contribution >= 0.6 is 0 Å². The van der Waals surface area contributed by atoms with Crippen molar-refractivity contribution < 1.29 is 23.8 Å². The van der Waals surface area contributed by atoms with E-state index in [2.05, 4.69) is 15.3 Å². The predicted molar refractivity (Wildman–Crippen MR) is 137 cm³/mol. The van der Waals surface area contributed by atoms with E-state index in [9.17, 15) is 22.4 Å². The molecule has 0 atom stereocenters. The molecule has 2 heterocycles. The van der Waals surface area contributed by atoms with Gasteiger partial charge in [0.25, 0.3) is 5.91 Å². The van der Waals surface area contributed by atoms with Gasteiger partial charge in [0, 0.05) is 62.8 Å². The summed E-state index contributed by atoms with van der Waals surface area (Å²) in [7, 11) is 0. The fraction of sp³-hybridized carbons (Fsp3) is 0.423. The number of amides is 1. The fourth-order valence-corrected chi connectivity index (χ4v) is 4.18. The van der Waals surface area contributed by atoms with Crippen LogP contribution in [0.5, 0.6) is 0 Å². The SMILES string of the molecule is Cc1c(C(=C/N)/C=N/C(F)F)cnc(N2CCCC(F)(F)CC2)c1C(=O)Nc1cccc(C(C)C)c1.[HH]. The van der Waals surface area contributed by atoms with Crippen molar-refractivity contribution in [2.75, 3.05) is 23.3 Å². The van der Waals surface area contributed by atoms with E-state index in [0.29, 0.717) is 23.4 Å². The summed E-state index contributed by atoms with van der Waals surface area (Å²) >= 11 is 0. The molecule has 1 fully saturated rings. The smallest absolute Gasteiger partial charge is 0.331 e. The molecule has 2 aromatic rings. The van der Waals surface area contributed by atoms with E-state index in [4.69, 9.17) is 5.73 Å². The molecule has 0 radical (unpaired) electrons. The van der Waals surface area contributed by atoms with Crippen molar-refractivity contribution in [1.29, 1.82) is 0 Å². The summed E-state index contributed by atoms with van der Waals surface area (Å²) < 4.78 is 53.4. The van der Waals surface area contributed by atoms with Gasteiger partial charge in [-0.05, 0) is 42.5 Å². The van der Waals surface area contributed by atoms with E-state index < -0.39 is 18.4 Å². The van der Waals surface area contributed by atoms with Gasteiger partial charge in [0.05, 0.1) is 5.56 Å². The lowest BCUT2D eigenvalue weighted by Gasteiger charge is -2.26. The molecule has 1 aliphatic heterocycles. The van der Waals surface area contributed by atoms with Gasteiger partial charge in [-0.2, -0.15) is 8.78 Å². The third kappa shape index (κ3) is 6.61. The normalized spacial score (nSPS) is 16.6. The van der Waals surface area contributed by atoms with Crippen molar-refractivity contribution in [3.8, 4) is 0 Å². The first kappa shape index (κ1) is 27.2. The highest BCUT2D eigenvalue weighted by molar-refractivity contribution is 6.13. The van der Waals surface area contributed by atoms with E-state index >= 15 is 0 Å². The van der Waals surface area contributed by atoms with Gasteiger partial charge in [-0.1, -0.05) is 26.0 Å². The number of aromatic nitrogens is 1. The summed E-state index contributed by atoms with van der Waals surface area (Å²) in [6.07, 6.45) is 3.07. The number of carbonyl (C=O) groups excluding carboxylic acids is 1. The van der Waals surface area contributed by atoms with Crippen LogP contribution in [0.2, 0.25) is 0 Å². The Bertz CT molecular complexity index is 1150. The van der Waals surface area contributed by atoms with Crippen LogP contribution in [0.25, 0.3) is 5.57 Å². The zero-order chi connectivity index (χ0) is 26.5. The minimum atomic E-state index is -2.93. The Morgan fingerprint density at radius 2 is 2.03 bits per heavy atom. The minimum Gasteiger partial charge on any atom is -0.404 e. The second-order valence-electron chi connectivity index (χ2n) is 9.10. The van der Waals surface area contributed by atoms with E-state index in [0.717, 1.165) is 18.0 Å². The molecular formula is C26H33F4N5O. The van der Waals surface area contributed by atoms with Crippen molar-refractivity contribution in [1.82, 2.24) is 4.98 Å². The highest BCUT2D eigenvalue weighted by atomic mass is 19.3. The second-order valence-corrected chi connectivity index (χ2v) is 9.10. The Morgan fingerprint density at radius 3 is 2.69 bits per heavy atom. The molecule has 3 N–H and O–H groups in total. The summed E-state index contributed by atoms with van der Waals surface area (Å²) in [5.74, 6) is -2.77. The number of hydrogen-bond donors (Lipinski definition) is 2. The van der Waals surface area contributed by atoms with Gasteiger partial charge in [0.15, 0.2) is 0 Å². The largest absolute Gasteiger partial charge is 0.404 e. The number of nitrogens with two attached hydrogens (primary N) is 1. The minimum absolute atomic E-state index is 0. The van der Waals surface area contributed by atoms with E-state index in [-0.39, 0.29) is 50.1 Å². The standard InChI is InChI=1S/C26H31F4N5O.H2/c1-16(2)18-6-4-7-20(12-18)34-24(36)22-17(3)21(19(13-31)14-33-25(27)28)15-32-23(22)35-10-5-8-26(29,30)9-11-35;/h4,6-7,12-16,25H,5,8-11,31H2,1-3H3,(H,34,36);1H/b19-13+,33-14+;. The fourth-order valence-electron chi connectivity index (χ4n) is 4.18. The van der Waals surface area contributed by atoms with Crippen molar-refractivity contribution >= 4 is 29.2 Å². The lowest BCUT2D eigenvalue weighted by Crippen LogP contribution is -2.30. The number of nitrogens with zero attached hydrogens (tertiary/aromatic N) is 3. The number of carbonyl (C=O) groups is 1. The van der Waals surface area contributed by atoms with Gasteiger partial charge in [-0.15, -0.1) is 0 Å². The van der Waals surface area contributed by atoms with Crippen LogP contribution in [0.4, 0.5) is 29.1 Å². The van der Waals surface area contributed by atoms with Crippen LogP contribution in [-0.4, -0.2) is 42.7 Å². The number of alkyl halides is 4. The molecule has 0 spiro atoms. The number of aliphatic imine (C=N–C) groups is 1. The first-order chi connectivity index (χ1) is 17.0. The lowest BCUT2D eigenvalue weighted by atomic mass is 9.98. The lowest BCUT2D eigenvalue weighted by molar-refractivity contribution is -0.0102. The van der Waals surface area contributed by atoms with Crippen molar-refractivity contribution in [2.24, 2.45) is 10.7 Å². The summed E-state index contributed by atoms with van der Waals surface area (Å²) in [5, 5.41) is 2.88. The molecular weight excluding hydrogens is 474 g/mol. The van der Waals surface area contributed by atoms with Gasteiger partial charge < -0.3 is 16.0 Å². The number of allylic oxidation sites excluding steroid dienone is 1. The third-order valence-corrected chi connectivity index (χ3v) is 6.19. The molecule has 10 heteroatoms. The molecule has 3 rings (SSSR count). The molecule has 1 aliphatic rings. The molecule has 6 nitrogen and oxygen atoms in total.